The Kier molecular flexibility index (Phi) is 4.39. The van der Waals surface area contributed by atoms with Crippen molar-refractivity contribution in [1.82, 2.24) is 25.5 Å². The molecule has 1 aliphatic carbocycles. The van der Waals surface area contributed by atoms with Crippen molar-refractivity contribution in [3.05, 3.63) is 24.2 Å². The molecule has 2 aromatic heterocycles. The Hall–Kier alpha value is -2.81. The number of aromatic amines is 1. The number of carbonyl (C=O) groups excluding carboxylic acids is 2. The third kappa shape index (κ3) is 3.18. The summed E-state index contributed by atoms with van der Waals surface area (Å²) < 4.78 is 9.97. The average molecular weight is 371 g/mol. The summed E-state index contributed by atoms with van der Waals surface area (Å²) in [6.07, 6.45) is 3.46. The van der Waals surface area contributed by atoms with Crippen LogP contribution in [0.5, 0.6) is 5.88 Å². The van der Waals surface area contributed by atoms with Gasteiger partial charge in [0.25, 0.3) is 0 Å². The molecule has 1 aliphatic heterocycles. The minimum absolute atomic E-state index is 0.0310. The summed E-state index contributed by atoms with van der Waals surface area (Å²) in [4.78, 5) is 32.9. The quantitative estimate of drug-likeness (QED) is 0.590. The Labute approximate surface area is 155 Å². The maximum absolute atomic E-state index is 12.9. The van der Waals surface area contributed by atoms with Gasteiger partial charge < -0.3 is 14.8 Å². The highest BCUT2D eigenvalue weighted by Crippen LogP contribution is 2.51. The summed E-state index contributed by atoms with van der Waals surface area (Å²) >= 11 is 0. The van der Waals surface area contributed by atoms with E-state index in [1.54, 1.807) is 12.1 Å². The zero-order valence-electron chi connectivity index (χ0n) is 15.2. The van der Waals surface area contributed by atoms with Gasteiger partial charge in [-0.3, -0.25) is 14.7 Å². The van der Waals surface area contributed by atoms with E-state index in [0.29, 0.717) is 42.3 Å². The monoisotopic (exact) mass is 371 g/mol. The number of piperidine rings is 1. The van der Waals surface area contributed by atoms with Gasteiger partial charge in [-0.15, -0.1) is 0 Å². The molecule has 1 saturated heterocycles. The maximum Gasteiger partial charge on any atom is 0.308 e. The second-order valence-electron chi connectivity index (χ2n) is 7.03. The maximum atomic E-state index is 12.9. The van der Waals surface area contributed by atoms with Crippen LogP contribution >= 0.6 is 0 Å². The summed E-state index contributed by atoms with van der Waals surface area (Å²) in [5.41, 5.74) is 1.27. The Morgan fingerprint density at radius 2 is 2.07 bits per heavy atom. The number of hydrogen-bond donors (Lipinski definition) is 2. The van der Waals surface area contributed by atoms with Crippen molar-refractivity contribution >= 4 is 11.8 Å². The third-order valence-corrected chi connectivity index (χ3v) is 5.46. The first kappa shape index (κ1) is 17.6. The molecule has 1 saturated carbocycles. The van der Waals surface area contributed by atoms with Crippen molar-refractivity contribution in [2.75, 3.05) is 20.8 Å². The molecule has 9 heteroatoms. The number of esters is 1. The number of hydrogen-bond acceptors (Lipinski definition) is 8. The Morgan fingerprint density at radius 1 is 1.22 bits per heavy atom. The van der Waals surface area contributed by atoms with E-state index in [9.17, 15) is 9.59 Å². The molecule has 2 aliphatic rings. The van der Waals surface area contributed by atoms with Crippen LogP contribution in [0.15, 0.2) is 18.5 Å². The molecule has 0 radical (unpaired) electrons. The van der Waals surface area contributed by atoms with Crippen molar-refractivity contribution in [1.29, 1.82) is 0 Å². The highest BCUT2D eigenvalue weighted by atomic mass is 16.5. The molecule has 9 nitrogen and oxygen atoms in total. The van der Waals surface area contributed by atoms with E-state index in [1.807, 2.05) is 0 Å². The van der Waals surface area contributed by atoms with Crippen molar-refractivity contribution in [3.63, 3.8) is 0 Å². The van der Waals surface area contributed by atoms with Gasteiger partial charge in [-0.05, 0) is 31.9 Å². The number of rotatable bonds is 5. The molecule has 1 spiro atoms. The number of nitrogens with one attached hydrogen (secondary N) is 2. The minimum Gasteiger partial charge on any atom is -0.481 e. The Balaban J connectivity index is 1.48. The number of ketones is 1. The van der Waals surface area contributed by atoms with Crippen molar-refractivity contribution < 1.29 is 19.1 Å². The van der Waals surface area contributed by atoms with Crippen LogP contribution in [0.1, 0.15) is 29.8 Å². The standard InChI is InChI=1S/C18H21N5O4/c1-26-15-6-12(19-9-20-15)13-5-14(23-22-13)16(24)11-8-18(11)7-10(3-4-21-18)17(25)27-2/h5-6,9-11,21H,3-4,7-8H2,1-2H3,(H,22,23). The summed E-state index contributed by atoms with van der Waals surface area (Å²) in [7, 11) is 2.93. The lowest BCUT2D eigenvalue weighted by molar-refractivity contribution is -0.146. The number of carbonyl (C=O) groups is 2. The van der Waals surface area contributed by atoms with Crippen LogP contribution in [-0.2, 0) is 9.53 Å². The van der Waals surface area contributed by atoms with E-state index in [2.05, 4.69) is 25.5 Å². The molecule has 142 valence electrons. The van der Waals surface area contributed by atoms with Gasteiger partial charge in [0.1, 0.15) is 12.0 Å². The topological polar surface area (TPSA) is 119 Å². The number of H-pyrrole nitrogens is 1. The Bertz CT molecular complexity index is 882. The van der Waals surface area contributed by atoms with E-state index in [-0.39, 0.29) is 29.1 Å². The molecule has 2 fully saturated rings. The lowest BCUT2D eigenvalue weighted by Crippen LogP contribution is -2.45. The number of methoxy groups -OCH3 is 2. The molecular formula is C18H21N5O4. The van der Waals surface area contributed by atoms with Crippen LogP contribution in [0.25, 0.3) is 11.4 Å². The molecule has 3 atom stereocenters. The lowest BCUT2D eigenvalue weighted by Gasteiger charge is -2.29. The van der Waals surface area contributed by atoms with E-state index in [1.165, 1.54) is 20.5 Å². The van der Waals surface area contributed by atoms with Crippen molar-refractivity contribution in [3.8, 4) is 17.3 Å². The van der Waals surface area contributed by atoms with Gasteiger partial charge in [-0.25, -0.2) is 9.97 Å². The van der Waals surface area contributed by atoms with E-state index < -0.39 is 0 Å². The molecule has 0 bridgehead atoms. The number of ether oxygens (including phenoxy) is 2. The summed E-state index contributed by atoms with van der Waals surface area (Å²) in [5, 5.41) is 10.4. The zero-order chi connectivity index (χ0) is 19.0. The lowest BCUT2D eigenvalue weighted by atomic mass is 9.88. The van der Waals surface area contributed by atoms with Crippen molar-refractivity contribution in [2.45, 2.75) is 24.8 Å². The number of aromatic nitrogens is 4. The largest absolute Gasteiger partial charge is 0.481 e. The molecule has 3 unspecified atom stereocenters. The highest BCUT2D eigenvalue weighted by molar-refractivity contribution is 6.00. The second-order valence-corrected chi connectivity index (χ2v) is 7.03. The molecule has 2 aromatic rings. The molecule has 4 rings (SSSR count). The Morgan fingerprint density at radius 3 is 2.85 bits per heavy atom. The van der Waals surface area contributed by atoms with Gasteiger partial charge >= 0.3 is 5.97 Å². The van der Waals surface area contributed by atoms with Gasteiger partial charge in [-0.2, -0.15) is 5.10 Å². The normalized spacial score (nSPS) is 26.6. The first-order valence-corrected chi connectivity index (χ1v) is 8.85. The predicted octanol–water partition coefficient (Wildman–Crippen LogP) is 0.989. The number of nitrogens with zero attached hydrogens (tertiary/aromatic N) is 3. The smallest absolute Gasteiger partial charge is 0.308 e. The molecular weight excluding hydrogens is 350 g/mol. The summed E-state index contributed by atoms with van der Waals surface area (Å²) in [6.45, 7) is 0.704. The van der Waals surface area contributed by atoms with E-state index >= 15 is 0 Å². The van der Waals surface area contributed by atoms with Gasteiger partial charge in [-0.1, -0.05) is 0 Å². The van der Waals surface area contributed by atoms with E-state index in [0.717, 1.165) is 6.42 Å². The van der Waals surface area contributed by atoms with E-state index in [4.69, 9.17) is 9.47 Å². The molecule has 2 N–H and O–H groups in total. The zero-order valence-corrected chi connectivity index (χ0v) is 15.2. The van der Waals surface area contributed by atoms with Crippen molar-refractivity contribution in [2.24, 2.45) is 11.8 Å². The van der Waals surface area contributed by atoms with Crippen LogP contribution in [0, 0.1) is 11.8 Å². The molecule has 27 heavy (non-hydrogen) atoms. The summed E-state index contributed by atoms with van der Waals surface area (Å²) in [6, 6.07) is 3.36. The summed E-state index contributed by atoms with van der Waals surface area (Å²) in [5.74, 6) is -0.132. The van der Waals surface area contributed by atoms with Gasteiger partial charge in [0.2, 0.25) is 5.88 Å². The minimum atomic E-state index is -0.314. The molecule has 0 amide bonds. The fourth-order valence-corrected chi connectivity index (χ4v) is 3.90. The average Bonchev–Trinajstić information content (AvgIpc) is 3.16. The molecule has 0 aromatic carbocycles. The van der Waals surface area contributed by atoms with Crippen LogP contribution in [-0.4, -0.2) is 58.2 Å². The van der Waals surface area contributed by atoms with Gasteiger partial charge in [0.15, 0.2) is 5.78 Å². The first-order chi connectivity index (χ1) is 13.1. The SMILES string of the molecule is COC(=O)C1CCNC2(C1)CC2C(=O)c1cc(-c2cc(OC)ncn2)[nH]n1. The van der Waals surface area contributed by atoms with Crippen LogP contribution in [0.3, 0.4) is 0 Å². The second kappa shape index (κ2) is 6.73. The van der Waals surface area contributed by atoms with Gasteiger partial charge in [0, 0.05) is 17.5 Å². The van der Waals surface area contributed by atoms with Gasteiger partial charge in [0.05, 0.1) is 31.5 Å². The predicted molar refractivity (Wildman–Crippen MR) is 94.1 cm³/mol. The van der Waals surface area contributed by atoms with Crippen LogP contribution in [0.2, 0.25) is 0 Å². The fourth-order valence-electron chi connectivity index (χ4n) is 3.90. The van der Waals surface area contributed by atoms with Crippen LogP contribution in [0.4, 0.5) is 0 Å². The number of Topliss-reactive ketones (excluding diaryl/α,β-unsaturated/α-hetero) is 1. The first-order valence-electron chi connectivity index (χ1n) is 8.85. The fraction of sp³-hybridized carbons (Fsp3) is 0.500. The molecule has 3 heterocycles. The third-order valence-electron chi connectivity index (χ3n) is 5.46. The highest BCUT2D eigenvalue weighted by Gasteiger charge is 2.60. The van der Waals surface area contributed by atoms with Crippen LogP contribution < -0.4 is 10.1 Å².